The molecule has 3 N–H and O–H groups in total. The first kappa shape index (κ1) is 12.9. The Morgan fingerprint density at radius 3 is 2.20 bits per heavy atom. The third-order valence-electron chi connectivity index (χ3n) is 3.19. The van der Waals surface area contributed by atoms with E-state index < -0.39 is 10.2 Å². The van der Waals surface area contributed by atoms with Crippen LogP contribution in [0.3, 0.4) is 0 Å². The summed E-state index contributed by atoms with van der Waals surface area (Å²) in [6.07, 6.45) is 4.25. The Morgan fingerprint density at radius 2 is 1.73 bits per heavy atom. The molecular weight excluding hydrogens is 212 g/mol. The highest BCUT2D eigenvalue weighted by Crippen LogP contribution is 2.38. The molecule has 0 amide bonds. The van der Waals surface area contributed by atoms with E-state index in [2.05, 4.69) is 25.5 Å². The van der Waals surface area contributed by atoms with Gasteiger partial charge in [0.05, 0.1) is 0 Å². The summed E-state index contributed by atoms with van der Waals surface area (Å²) in [7, 11) is -3.57. The Labute approximate surface area is 92.8 Å². The van der Waals surface area contributed by atoms with E-state index >= 15 is 0 Å². The molecule has 1 aliphatic rings. The van der Waals surface area contributed by atoms with Gasteiger partial charge in [-0.25, -0.2) is 5.14 Å². The number of hydrogen-bond donors (Lipinski definition) is 2. The number of rotatable bonds is 2. The van der Waals surface area contributed by atoms with E-state index in [4.69, 9.17) is 5.14 Å². The van der Waals surface area contributed by atoms with Crippen LogP contribution in [0.2, 0.25) is 0 Å². The average Bonchev–Trinajstić information content (AvgIpc) is 1.99. The van der Waals surface area contributed by atoms with Crippen molar-refractivity contribution in [3.63, 3.8) is 0 Å². The molecule has 0 aliphatic heterocycles. The minimum absolute atomic E-state index is 0.00810. The average molecular weight is 234 g/mol. The first-order chi connectivity index (χ1) is 6.70. The standard InChI is InChI=1S/C10H22N2O2S/c1-10(2,3)8-6-4-5-7-9(8)12-15(11,13)14/h8-9,12H,4-7H2,1-3H3,(H2,11,13,14). The Hall–Kier alpha value is -0.130. The summed E-state index contributed by atoms with van der Waals surface area (Å²) in [5, 5.41) is 5.03. The molecule has 1 rings (SSSR count). The second-order valence-corrected chi connectivity index (χ2v) is 6.85. The lowest BCUT2D eigenvalue weighted by Crippen LogP contribution is -2.48. The number of hydrogen-bond acceptors (Lipinski definition) is 2. The monoisotopic (exact) mass is 234 g/mol. The van der Waals surface area contributed by atoms with Crippen LogP contribution in [0.4, 0.5) is 0 Å². The number of nitrogens with two attached hydrogens (primary N) is 1. The SMILES string of the molecule is CC(C)(C)C1CCCCC1NS(N)(=O)=O. The lowest BCUT2D eigenvalue weighted by atomic mass is 9.70. The molecule has 90 valence electrons. The maximum atomic E-state index is 11.0. The molecular formula is C10H22N2O2S. The van der Waals surface area contributed by atoms with Crippen molar-refractivity contribution in [1.82, 2.24) is 4.72 Å². The molecule has 0 saturated heterocycles. The molecule has 0 aromatic rings. The Kier molecular flexibility index (Phi) is 3.79. The quantitative estimate of drug-likeness (QED) is 0.757. The molecule has 1 aliphatic carbocycles. The zero-order valence-electron chi connectivity index (χ0n) is 9.79. The van der Waals surface area contributed by atoms with Gasteiger partial charge in [0.2, 0.25) is 0 Å². The molecule has 4 nitrogen and oxygen atoms in total. The minimum Gasteiger partial charge on any atom is -0.216 e. The van der Waals surface area contributed by atoms with E-state index in [0.717, 1.165) is 19.3 Å². The predicted octanol–water partition coefficient (Wildman–Crippen LogP) is 1.38. The van der Waals surface area contributed by atoms with Gasteiger partial charge >= 0.3 is 0 Å². The van der Waals surface area contributed by atoms with Crippen LogP contribution in [0.15, 0.2) is 0 Å². The van der Waals surface area contributed by atoms with Gasteiger partial charge in [-0.1, -0.05) is 33.6 Å². The van der Waals surface area contributed by atoms with Crippen molar-refractivity contribution in [2.24, 2.45) is 16.5 Å². The van der Waals surface area contributed by atoms with E-state index in [-0.39, 0.29) is 11.5 Å². The van der Waals surface area contributed by atoms with Crippen LogP contribution < -0.4 is 9.86 Å². The van der Waals surface area contributed by atoms with Crippen molar-refractivity contribution in [2.45, 2.75) is 52.5 Å². The second-order valence-electron chi connectivity index (χ2n) is 5.53. The fraction of sp³-hybridized carbons (Fsp3) is 1.00. The highest BCUT2D eigenvalue weighted by Gasteiger charge is 2.35. The summed E-state index contributed by atoms with van der Waals surface area (Å²) in [5.41, 5.74) is 0.128. The fourth-order valence-electron chi connectivity index (χ4n) is 2.52. The van der Waals surface area contributed by atoms with Crippen molar-refractivity contribution in [3.8, 4) is 0 Å². The summed E-state index contributed by atoms with van der Waals surface area (Å²) < 4.78 is 24.6. The molecule has 5 heteroatoms. The zero-order valence-corrected chi connectivity index (χ0v) is 10.6. The summed E-state index contributed by atoms with van der Waals surface area (Å²) in [6.45, 7) is 6.46. The Bertz CT molecular complexity index is 306. The molecule has 0 radical (unpaired) electrons. The van der Waals surface area contributed by atoms with Gasteiger partial charge < -0.3 is 0 Å². The summed E-state index contributed by atoms with van der Waals surface area (Å²) >= 11 is 0. The van der Waals surface area contributed by atoms with E-state index in [1.807, 2.05) is 0 Å². The van der Waals surface area contributed by atoms with Crippen molar-refractivity contribution >= 4 is 10.2 Å². The molecule has 2 atom stereocenters. The maximum absolute atomic E-state index is 11.0. The Balaban J connectivity index is 2.75. The summed E-state index contributed by atoms with van der Waals surface area (Å²) in [5.74, 6) is 0.379. The van der Waals surface area contributed by atoms with Crippen LogP contribution in [0.5, 0.6) is 0 Å². The first-order valence-corrected chi connectivity index (χ1v) is 7.05. The van der Waals surface area contributed by atoms with Gasteiger partial charge in [0.25, 0.3) is 10.2 Å². The maximum Gasteiger partial charge on any atom is 0.274 e. The summed E-state index contributed by atoms with van der Waals surface area (Å²) in [6, 6.07) is 0.00810. The van der Waals surface area contributed by atoms with Crippen molar-refractivity contribution in [3.05, 3.63) is 0 Å². The van der Waals surface area contributed by atoms with Crippen LogP contribution in [0.1, 0.15) is 46.5 Å². The Morgan fingerprint density at radius 1 is 1.20 bits per heavy atom. The van der Waals surface area contributed by atoms with Crippen LogP contribution in [0, 0.1) is 11.3 Å². The van der Waals surface area contributed by atoms with Gasteiger partial charge in [-0.2, -0.15) is 13.1 Å². The van der Waals surface area contributed by atoms with Gasteiger partial charge in [0, 0.05) is 6.04 Å². The molecule has 1 saturated carbocycles. The predicted molar refractivity (Wildman–Crippen MR) is 61.4 cm³/mol. The van der Waals surface area contributed by atoms with Crippen LogP contribution in [0.25, 0.3) is 0 Å². The number of nitrogens with one attached hydrogen (secondary N) is 1. The zero-order chi connectivity index (χ0) is 11.7. The molecule has 0 aromatic heterocycles. The van der Waals surface area contributed by atoms with Gasteiger partial charge in [0.1, 0.15) is 0 Å². The highest BCUT2D eigenvalue weighted by atomic mass is 32.2. The van der Waals surface area contributed by atoms with Gasteiger partial charge in [-0.05, 0) is 24.2 Å². The lowest BCUT2D eigenvalue weighted by molar-refractivity contribution is 0.144. The first-order valence-electron chi connectivity index (χ1n) is 5.50. The van der Waals surface area contributed by atoms with Gasteiger partial charge in [-0.3, -0.25) is 0 Å². The van der Waals surface area contributed by atoms with E-state index in [1.54, 1.807) is 0 Å². The van der Waals surface area contributed by atoms with E-state index in [1.165, 1.54) is 6.42 Å². The molecule has 0 spiro atoms. The van der Waals surface area contributed by atoms with Crippen molar-refractivity contribution in [1.29, 1.82) is 0 Å². The minimum atomic E-state index is -3.57. The largest absolute Gasteiger partial charge is 0.274 e. The molecule has 0 bridgehead atoms. The van der Waals surface area contributed by atoms with Crippen LogP contribution >= 0.6 is 0 Å². The molecule has 15 heavy (non-hydrogen) atoms. The highest BCUT2D eigenvalue weighted by molar-refractivity contribution is 7.87. The van der Waals surface area contributed by atoms with Crippen molar-refractivity contribution < 1.29 is 8.42 Å². The lowest BCUT2D eigenvalue weighted by Gasteiger charge is -2.40. The van der Waals surface area contributed by atoms with Crippen molar-refractivity contribution in [2.75, 3.05) is 0 Å². The third kappa shape index (κ3) is 4.09. The second kappa shape index (κ2) is 4.39. The molecule has 1 fully saturated rings. The third-order valence-corrected chi connectivity index (χ3v) is 3.83. The van der Waals surface area contributed by atoms with Gasteiger partial charge in [-0.15, -0.1) is 0 Å². The van der Waals surface area contributed by atoms with E-state index in [9.17, 15) is 8.42 Å². The van der Waals surface area contributed by atoms with Crippen LogP contribution in [-0.4, -0.2) is 14.5 Å². The molecule has 2 unspecified atom stereocenters. The topological polar surface area (TPSA) is 72.2 Å². The smallest absolute Gasteiger partial charge is 0.216 e. The van der Waals surface area contributed by atoms with E-state index in [0.29, 0.717) is 5.92 Å². The fourth-order valence-corrected chi connectivity index (χ4v) is 3.22. The summed E-state index contributed by atoms with van der Waals surface area (Å²) in [4.78, 5) is 0. The normalized spacial score (nSPS) is 29.1. The van der Waals surface area contributed by atoms with Crippen LogP contribution in [-0.2, 0) is 10.2 Å². The molecule has 0 aromatic carbocycles. The van der Waals surface area contributed by atoms with Gasteiger partial charge in [0.15, 0.2) is 0 Å². The molecule has 0 heterocycles.